The smallest absolute Gasteiger partial charge is 0.323 e. The highest BCUT2D eigenvalue weighted by molar-refractivity contribution is 6.33. The first kappa shape index (κ1) is 13.3. The van der Waals surface area contributed by atoms with E-state index < -0.39 is 5.82 Å². The first-order valence-electron chi connectivity index (χ1n) is 5.45. The second-order valence-corrected chi connectivity index (χ2v) is 3.89. The average molecular weight is 284 g/mol. The maximum Gasteiger partial charge on any atom is 0.323 e. The third-order valence-electron chi connectivity index (χ3n) is 2.08. The summed E-state index contributed by atoms with van der Waals surface area (Å²) in [7, 11) is 0. The Morgan fingerprint density at radius 1 is 1.37 bits per heavy atom. The molecule has 0 saturated carbocycles. The molecule has 3 N–H and O–H groups in total. The van der Waals surface area contributed by atoms with Crippen LogP contribution in [0.3, 0.4) is 0 Å². The fraction of sp³-hybridized carbons (Fsp3) is 0.182. The van der Waals surface area contributed by atoms with E-state index in [0.717, 1.165) is 0 Å². The summed E-state index contributed by atoms with van der Waals surface area (Å²) in [6.45, 7) is 2.18. The first-order valence-corrected chi connectivity index (χ1v) is 5.82. The molecule has 1 heterocycles. The van der Waals surface area contributed by atoms with E-state index in [1.165, 1.54) is 18.2 Å². The molecule has 0 spiro atoms. The highest BCUT2D eigenvalue weighted by atomic mass is 35.5. The number of anilines is 3. The molecular formula is C11H11ClFN5O. The lowest BCUT2D eigenvalue weighted by Crippen LogP contribution is -2.07. The van der Waals surface area contributed by atoms with Crippen molar-refractivity contribution >= 4 is 29.2 Å². The fourth-order valence-electron chi connectivity index (χ4n) is 1.34. The number of ether oxygens (including phenoxy) is 1. The number of benzene rings is 1. The number of nitrogens with two attached hydrogens (primary N) is 1. The van der Waals surface area contributed by atoms with Gasteiger partial charge in [0.15, 0.2) is 0 Å². The van der Waals surface area contributed by atoms with Crippen LogP contribution >= 0.6 is 11.6 Å². The lowest BCUT2D eigenvalue weighted by atomic mass is 10.3. The fourth-order valence-corrected chi connectivity index (χ4v) is 1.50. The summed E-state index contributed by atoms with van der Waals surface area (Å²) in [6.07, 6.45) is 0. The highest BCUT2D eigenvalue weighted by Gasteiger charge is 2.08. The summed E-state index contributed by atoms with van der Waals surface area (Å²) in [6, 6.07) is 3.99. The summed E-state index contributed by atoms with van der Waals surface area (Å²) in [5.74, 6) is -0.309. The van der Waals surface area contributed by atoms with E-state index in [1.54, 1.807) is 6.92 Å². The normalized spacial score (nSPS) is 10.3. The van der Waals surface area contributed by atoms with Gasteiger partial charge < -0.3 is 15.8 Å². The van der Waals surface area contributed by atoms with E-state index >= 15 is 0 Å². The Labute approximate surface area is 113 Å². The van der Waals surface area contributed by atoms with E-state index in [2.05, 4.69) is 20.3 Å². The van der Waals surface area contributed by atoms with Crippen molar-refractivity contribution < 1.29 is 9.13 Å². The van der Waals surface area contributed by atoms with Crippen LogP contribution in [0.5, 0.6) is 6.01 Å². The van der Waals surface area contributed by atoms with Crippen molar-refractivity contribution in [2.75, 3.05) is 17.7 Å². The molecule has 0 aliphatic rings. The largest absolute Gasteiger partial charge is 0.464 e. The van der Waals surface area contributed by atoms with Crippen molar-refractivity contribution in [2.45, 2.75) is 6.92 Å². The number of rotatable bonds is 4. The molecule has 0 bridgehead atoms. The lowest BCUT2D eigenvalue weighted by Gasteiger charge is -2.08. The number of aromatic nitrogens is 3. The Morgan fingerprint density at radius 2 is 2.16 bits per heavy atom. The van der Waals surface area contributed by atoms with Crippen LogP contribution in [0.25, 0.3) is 0 Å². The second kappa shape index (κ2) is 5.66. The first-order chi connectivity index (χ1) is 9.08. The van der Waals surface area contributed by atoms with Gasteiger partial charge in [0, 0.05) is 0 Å². The molecule has 0 aliphatic carbocycles. The molecule has 0 radical (unpaired) electrons. The predicted octanol–water partition coefficient (Wildman–Crippen LogP) is 2.39. The molecule has 100 valence electrons. The van der Waals surface area contributed by atoms with E-state index in [9.17, 15) is 4.39 Å². The molecule has 6 nitrogen and oxygen atoms in total. The third kappa shape index (κ3) is 3.41. The van der Waals surface area contributed by atoms with Gasteiger partial charge in [-0.05, 0) is 25.1 Å². The zero-order valence-corrected chi connectivity index (χ0v) is 10.8. The van der Waals surface area contributed by atoms with Crippen molar-refractivity contribution in [1.29, 1.82) is 0 Å². The van der Waals surface area contributed by atoms with Crippen molar-refractivity contribution in [3.63, 3.8) is 0 Å². The quantitative estimate of drug-likeness (QED) is 0.896. The maximum atomic E-state index is 13.1. The van der Waals surface area contributed by atoms with Crippen molar-refractivity contribution in [1.82, 2.24) is 15.0 Å². The summed E-state index contributed by atoms with van der Waals surface area (Å²) in [5.41, 5.74) is 5.85. The summed E-state index contributed by atoms with van der Waals surface area (Å²) < 4.78 is 18.3. The Bertz CT molecular complexity index is 595. The van der Waals surface area contributed by atoms with Crippen molar-refractivity contribution in [3.8, 4) is 6.01 Å². The van der Waals surface area contributed by atoms with Crippen LogP contribution in [-0.4, -0.2) is 21.6 Å². The minimum Gasteiger partial charge on any atom is -0.464 e. The van der Waals surface area contributed by atoms with Gasteiger partial charge in [-0.15, -0.1) is 0 Å². The molecule has 0 saturated heterocycles. The Morgan fingerprint density at radius 3 is 2.89 bits per heavy atom. The molecule has 0 atom stereocenters. The number of nitrogen functional groups attached to an aromatic ring is 1. The van der Waals surface area contributed by atoms with E-state index in [1.807, 2.05) is 0 Å². The molecular weight excluding hydrogens is 273 g/mol. The van der Waals surface area contributed by atoms with Gasteiger partial charge in [-0.1, -0.05) is 11.6 Å². The predicted molar refractivity (Wildman–Crippen MR) is 70.1 cm³/mol. The van der Waals surface area contributed by atoms with Crippen LogP contribution in [0.2, 0.25) is 5.02 Å². The van der Waals surface area contributed by atoms with Crippen LogP contribution < -0.4 is 15.8 Å². The highest BCUT2D eigenvalue weighted by Crippen LogP contribution is 2.25. The number of nitrogens with one attached hydrogen (secondary N) is 1. The zero-order chi connectivity index (χ0) is 13.8. The minimum absolute atomic E-state index is 0.00604. The van der Waals surface area contributed by atoms with Gasteiger partial charge in [0.1, 0.15) is 5.82 Å². The van der Waals surface area contributed by atoms with Crippen LogP contribution in [0.15, 0.2) is 18.2 Å². The molecule has 2 aromatic rings. The van der Waals surface area contributed by atoms with Crippen LogP contribution in [0.4, 0.5) is 22.0 Å². The molecule has 1 aromatic carbocycles. The molecule has 0 unspecified atom stereocenters. The van der Waals surface area contributed by atoms with Gasteiger partial charge >= 0.3 is 6.01 Å². The number of hydrogen-bond acceptors (Lipinski definition) is 6. The average Bonchev–Trinajstić information content (AvgIpc) is 2.33. The summed E-state index contributed by atoms with van der Waals surface area (Å²) in [5, 5.41) is 3.09. The van der Waals surface area contributed by atoms with Gasteiger partial charge in [0.2, 0.25) is 11.9 Å². The lowest BCUT2D eigenvalue weighted by molar-refractivity contribution is 0.312. The van der Waals surface area contributed by atoms with Crippen molar-refractivity contribution in [2.24, 2.45) is 0 Å². The Balaban J connectivity index is 2.29. The van der Waals surface area contributed by atoms with E-state index in [0.29, 0.717) is 17.3 Å². The SMILES string of the molecule is CCOc1nc(N)nc(Nc2cc(F)ccc2Cl)n1. The van der Waals surface area contributed by atoms with E-state index in [4.69, 9.17) is 22.1 Å². The molecule has 8 heteroatoms. The zero-order valence-electron chi connectivity index (χ0n) is 10.0. The topological polar surface area (TPSA) is 86.0 Å². The second-order valence-electron chi connectivity index (χ2n) is 3.48. The Kier molecular flexibility index (Phi) is 3.96. The molecule has 0 amide bonds. The molecule has 1 aromatic heterocycles. The molecule has 0 aliphatic heterocycles. The number of nitrogens with zero attached hydrogens (tertiary/aromatic N) is 3. The van der Waals surface area contributed by atoms with Gasteiger partial charge in [0.25, 0.3) is 0 Å². The minimum atomic E-state index is -0.432. The maximum absolute atomic E-state index is 13.1. The van der Waals surface area contributed by atoms with Gasteiger partial charge in [-0.2, -0.15) is 15.0 Å². The Hall–Kier alpha value is -2.15. The van der Waals surface area contributed by atoms with Crippen LogP contribution in [0.1, 0.15) is 6.92 Å². The third-order valence-corrected chi connectivity index (χ3v) is 2.41. The van der Waals surface area contributed by atoms with Crippen LogP contribution in [0, 0.1) is 5.82 Å². The van der Waals surface area contributed by atoms with Crippen molar-refractivity contribution in [3.05, 3.63) is 29.0 Å². The van der Waals surface area contributed by atoms with Gasteiger partial charge in [-0.25, -0.2) is 4.39 Å². The van der Waals surface area contributed by atoms with E-state index in [-0.39, 0.29) is 17.9 Å². The monoisotopic (exact) mass is 283 g/mol. The molecule has 2 rings (SSSR count). The number of hydrogen-bond donors (Lipinski definition) is 2. The molecule has 0 fully saturated rings. The van der Waals surface area contributed by atoms with Crippen LogP contribution in [-0.2, 0) is 0 Å². The van der Waals surface area contributed by atoms with Gasteiger partial charge in [-0.3, -0.25) is 0 Å². The standard InChI is InChI=1S/C11H11ClFN5O/c1-2-19-11-17-9(14)16-10(18-11)15-8-5-6(13)3-4-7(8)12/h3-5H,2H2,1H3,(H3,14,15,16,17,18). The number of halogens is 2. The van der Waals surface area contributed by atoms with Gasteiger partial charge in [0.05, 0.1) is 17.3 Å². The molecule has 19 heavy (non-hydrogen) atoms. The summed E-state index contributed by atoms with van der Waals surface area (Å²) in [4.78, 5) is 11.6. The summed E-state index contributed by atoms with van der Waals surface area (Å²) >= 11 is 5.92.